The molecule has 6 heteroatoms. The molecule has 0 aliphatic carbocycles. The number of nitrogens with zero attached hydrogens (tertiary/aromatic N) is 2. The summed E-state index contributed by atoms with van der Waals surface area (Å²) in [6.45, 7) is 1.87. The lowest BCUT2D eigenvalue weighted by molar-refractivity contribution is -0.128. The number of thiocarbonyl (C=S) groups is 1. The molecule has 2 rings (SSSR count). The van der Waals surface area contributed by atoms with E-state index < -0.39 is 5.82 Å². The molecule has 1 fully saturated rings. The lowest BCUT2D eigenvalue weighted by Crippen LogP contribution is -2.37. The molecular formula is C14H18FN3OS. The van der Waals surface area contributed by atoms with Crippen LogP contribution in [0.25, 0.3) is 0 Å². The van der Waals surface area contributed by atoms with Crippen molar-refractivity contribution in [3.8, 4) is 0 Å². The van der Waals surface area contributed by atoms with E-state index in [9.17, 15) is 9.18 Å². The molecule has 1 amide bonds. The van der Waals surface area contributed by atoms with Gasteiger partial charge in [-0.1, -0.05) is 12.2 Å². The first kappa shape index (κ1) is 14.7. The van der Waals surface area contributed by atoms with Crippen LogP contribution in [0.5, 0.6) is 0 Å². The van der Waals surface area contributed by atoms with Crippen LogP contribution in [0.4, 0.5) is 10.1 Å². The lowest BCUT2D eigenvalue weighted by atomic mass is 10.1. The Bertz CT molecular complexity index is 529. The third-order valence-corrected chi connectivity index (χ3v) is 3.69. The molecule has 0 bridgehead atoms. The predicted octanol–water partition coefficient (Wildman–Crippen LogP) is 1.52. The Balaban J connectivity index is 2.14. The first-order valence-corrected chi connectivity index (χ1v) is 6.98. The maximum atomic E-state index is 13.3. The van der Waals surface area contributed by atoms with Crippen LogP contribution in [0.1, 0.15) is 18.4 Å². The van der Waals surface area contributed by atoms with Crippen LogP contribution in [0.2, 0.25) is 0 Å². The normalized spacial score (nSPS) is 14.4. The van der Waals surface area contributed by atoms with Gasteiger partial charge in [0, 0.05) is 31.4 Å². The number of nitrogens with two attached hydrogens (primary N) is 1. The summed E-state index contributed by atoms with van der Waals surface area (Å²) in [4.78, 5) is 15.9. The lowest BCUT2D eigenvalue weighted by Gasteiger charge is -2.24. The van der Waals surface area contributed by atoms with Crippen LogP contribution in [0.3, 0.4) is 0 Å². The van der Waals surface area contributed by atoms with Gasteiger partial charge in [0.1, 0.15) is 10.8 Å². The molecule has 20 heavy (non-hydrogen) atoms. The molecule has 1 saturated heterocycles. The second-order valence-electron chi connectivity index (χ2n) is 4.97. The van der Waals surface area contributed by atoms with Crippen LogP contribution in [0, 0.1) is 5.82 Å². The molecule has 1 aromatic carbocycles. The Hall–Kier alpha value is -1.69. The summed E-state index contributed by atoms with van der Waals surface area (Å²) in [7, 11) is 1.78. The van der Waals surface area contributed by atoms with Gasteiger partial charge in [-0.3, -0.25) is 4.79 Å². The van der Waals surface area contributed by atoms with Crippen molar-refractivity contribution in [2.24, 2.45) is 5.73 Å². The standard InChI is InChI=1S/C14H18FN3OS/c1-17(9-13(19)18-6-2-3-7-18)12-5-4-10(15)8-11(12)14(16)20/h4-5,8H,2-3,6-7,9H2,1H3,(H2,16,20). The van der Waals surface area contributed by atoms with Crippen LogP contribution < -0.4 is 10.6 Å². The first-order valence-electron chi connectivity index (χ1n) is 6.57. The van der Waals surface area contributed by atoms with Crippen molar-refractivity contribution in [3.63, 3.8) is 0 Å². The second kappa shape index (κ2) is 6.17. The highest BCUT2D eigenvalue weighted by Crippen LogP contribution is 2.21. The Morgan fingerprint density at radius 1 is 1.45 bits per heavy atom. The van der Waals surface area contributed by atoms with E-state index in [1.165, 1.54) is 12.1 Å². The van der Waals surface area contributed by atoms with E-state index in [-0.39, 0.29) is 17.4 Å². The molecule has 0 aromatic heterocycles. The van der Waals surface area contributed by atoms with E-state index in [1.807, 2.05) is 4.90 Å². The minimum atomic E-state index is -0.393. The predicted molar refractivity (Wildman–Crippen MR) is 81.4 cm³/mol. The summed E-state index contributed by atoms with van der Waals surface area (Å²) in [5.74, 6) is -0.320. The molecule has 0 unspecified atom stereocenters. The third-order valence-electron chi connectivity index (χ3n) is 3.47. The minimum Gasteiger partial charge on any atom is -0.389 e. The highest BCUT2D eigenvalue weighted by Gasteiger charge is 2.20. The number of likely N-dealkylation sites (tertiary alicyclic amines) is 1. The van der Waals surface area contributed by atoms with Crippen molar-refractivity contribution in [1.29, 1.82) is 0 Å². The maximum Gasteiger partial charge on any atom is 0.242 e. The molecule has 1 aliphatic heterocycles. The van der Waals surface area contributed by atoms with Crippen molar-refractivity contribution in [2.75, 3.05) is 31.6 Å². The largest absolute Gasteiger partial charge is 0.389 e. The van der Waals surface area contributed by atoms with E-state index in [1.54, 1.807) is 18.0 Å². The quantitative estimate of drug-likeness (QED) is 0.856. The van der Waals surface area contributed by atoms with E-state index >= 15 is 0 Å². The summed E-state index contributed by atoms with van der Waals surface area (Å²) < 4.78 is 13.3. The number of hydrogen-bond donors (Lipinski definition) is 1. The Morgan fingerprint density at radius 3 is 2.70 bits per heavy atom. The van der Waals surface area contributed by atoms with E-state index in [2.05, 4.69) is 0 Å². The fraction of sp³-hybridized carbons (Fsp3) is 0.429. The summed E-state index contributed by atoms with van der Waals surface area (Å²) >= 11 is 4.94. The number of carbonyl (C=O) groups excluding carboxylic acids is 1. The number of anilines is 1. The van der Waals surface area contributed by atoms with Crippen molar-refractivity contribution < 1.29 is 9.18 Å². The van der Waals surface area contributed by atoms with Gasteiger partial charge in [0.25, 0.3) is 0 Å². The van der Waals surface area contributed by atoms with Crippen molar-refractivity contribution in [3.05, 3.63) is 29.6 Å². The molecule has 2 N–H and O–H groups in total. The summed E-state index contributed by atoms with van der Waals surface area (Å²) in [5, 5.41) is 0. The number of amides is 1. The van der Waals surface area contributed by atoms with Crippen LogP contribution in [-0.4, -0.2) is 42.5 Å². The minimum absolute atomic E-state index is 0.0724. The summed E-state index contributed by atoms with van der Waals surface area (Å²) in [5.41, 5.74) is 6.74. The molecular weight excluding hydrogens is 277 g/mol. The molecule has 108 valence electrons. The van der Waals surface area contributed by atoms with Gasteiger partial charge in [0.2, 0.25) is 5.91 Å². The molecule has 1 aliphatic rings. The SMILES string of the molecule is CN(CC(=O)N1CCCC1)c1ccc(F)cc1C(N)=S. The van der Waals surface area contributed by atoms with Gasteiger partial charge in [-0.25, -0.2) is 4.39 Å². The van der Waals surface area contributed by atoms with Gasteiger partial charge >= 0.3 is 0 Å². The number of benzene rings is 1. The second-order valence-corrected chi connectivity index (χ2v) is 5.41. The average Bonchev–Trinajstić information content (AvgIpc) is 2.92. The molecule has 0 spiro atoms. The van der Waals surface area contributed by atoms with Crippen LogP contribution in [-0.2, 0) is 4.79 Å². The maximum absolute atomic E-state index is 13.3. The van der Waals surface area contributed by atoms with Crippen LogP contribution >= 0.6 is 12.2 Å². The monoisotopic (exact) mass is 295 g/mol. The van der Waals surface area contributed by atoms with Gasteiger partial charge in [-0.05, 0) is 31.0 Å². The van der Waals surface area contributed by atoms with Gasteiger partial charge in [-0.15, -0.1) is 0 Å². The van der Waals surface area contributed by atoms with Crippen molar-refractivity contribution >= 4 is 28.8 Å². The fourth-order valence-corrected chi connectivity index (χ4v) is 2.56. The Kier molecular flexibility index (Phi) is 4.54. The van der Waals surface area contributed by atoms with Gasteiger partial charge in [-0.2, -0.15) is 0 Å². The van der Waals surface area contributed by atoms with Gasteiger partial charge in [0.05, 0.1) is 6.54 Å². The van der Waals surface area contributed by atoms with Crippen LogP contribution in [0.15, 0.2) is 18.2 Å². The van der Waals surface area contributed by atoms with E-state index in [0.29, 0.717) is 11.3 Å². The smallest absolute Gasteiger partial charge is 0.242 e. The average molecular weight is 295 g/mol. The summed E-state index contributed by atoms with van der Waals surface area (Å²) in [6.07, 6.45) is 2.12. The topological polar surface area (TPSA) is 49.6 Å². The Morgan fingerprint density at radius 2 is 2.10 bits per heavy atom. The third kappa shape index (κ3) is 3.25. The molecule has 1 aromatic rings. The zero-order valence-corrected chi connectivity index (χ0v) is 12.3. The molecule has 0 radical (unpaired) electrons. The Labute approximate surface area is 123 Å². The van der Waals surface area contributed by atoms with E-state index in [0.717, 1.165) is 25.9 Å². The molecule has 1 heterocycles. The van der Waals surface area contributed by atoms with E-state index in [4.69, 9.17) is 18.0 Å². The number of carbonyl (C=O) groups is 1. The zero-order chi connectivity index (χ0) is 14.7. The molecule has 0 saturated carbocycles. The fourth-order valence-electron chi connectivity index (χ4n) is 2.39. The highest BCUT2D eigenvalue weighted by atomic mass is 32.1. The van der Waals surface area contributed by atoms with Gasteiger partial charge in [0.15, 0.2) is 0 Å². The number of hydrogen-bond acceptors (Lipinski definition) is 3. The van der Waals surface area contributed by atoms with Crippen molar-refractivity contribution in [2.45, 2.75) is 12.8 Å². The zero-order valence-electron chi connectivity index (χ0n) is 11.4. The molecule has 0 atom stereocenters. The highest BCUT2D eigenvalue weighted by molar-refractivity contribution is 7.80. The number of halogens is 1. The van der Waals surface area contributed by atoms with Gasteiger partial charge < -0.3 is 15.5 Å². The number of rotatable bonds is 4. The van der Waals surface area contributed by atoms with Crippen molar-refractivity contribution in [1.82, 2.24) is 4.90 Å². The first-order chi connectivity index (χ1) is 9.49. The molecule has 4 nitrogen and oxygen atoms in total. The summed E-state index contributed by atoms with van der Waals surface area (Å²) in [6, 6.07) is 4.24. The number of likely N-dealkylation sites (N-methyl/N-ethyl adjacent to an activating group) is 1.